The van der Waals surface area contributed by atoms with Gasteiger partial charge in [0.2, 0.25) is 0 Å². The molecule has 3 rings (SSSR count). The normalized spacial score (nSPS) is 12.0. The molecular weight excluding hydrogens is 369 g/mol. The van der Waals surface area contributed by atoms with Crippen LogP contribution in [0.25, 0.3) is 0 Å². The van der Waals surface area contributed by atoms with Gasteiger partial charge in [-0.1, -0.05) is 44.9 Å². The van der Waals surface area contributed by atoms with Crippen molar-refractivity contribution < 1.29 is 18.3 Å². The highest BCUT2D eigenvalue weighted by atomic mass is 19.1. The minimum Gasteiger partial charge on any atom is -0.468 e. The summed E-state index contributed by atoms with van der Waals surface area (Å²) in [4.78, 5) is 2.07. The molecule has 0 saturated heterocycles. The first-order chi connectivity index (χ1) is 14.0. The maximum absolute atomic E-state index is 14.2. The van der Waals surface area contributed by atoms with E-state index in [0.29, 0.717) is 43.8 Å². The fourth-order valence-electron chi connectivity index (χ4n) is 3.79. The fourth-order valence-corrected chi connectivity index (χ4v) is 3.79. The maximum Gasteiger partial charge on any atom is 0.135 e. The number of nitrogens with zero attached hydrogens (tertiary/aromatic N) is 1. The number of rotatable bonds is 11. The molecule has 156 valence electrons. The van der Waals surface area contributed by atoms with Gasteiger partial charge in [0.1, 0.15) is 28.7 Å². The number of hydrogen-bond donors (Lipinski definition) is 1. The van der Waals surface area contributed by atoms with Gasteiger partial charge < -0.3 is 13.9 Å². The number of hydrogen-bond acceptors (Lipinski definition) is 4. The van der Waals surface area contributed by atoms with Crippen LogP contribution in [0.3, 0.4) is 0 Å². The molecule has 0 spiro atoms. The van der Waals surface area contributed by atoms with Crippen molar-refractivity contribution in [3.63, 3.8) is 0 Å². The lowest BCUT2D eigenvalue weighted by Gasteiger charge is -2.25. The van der Waals surface area contributed by atoms with Crippen LogP contribution >= 0.6 is 0 Å². The Morgan fingerprint density at radius 3 is 2.28 bits per heavy atom. The molecule has 0 unspecified atom stereocenters. The van der Waals surface area contributed by atoms with Crippen LogP contribution in [0, 0.1) is 5.82 Å². The van der Waals surface area contributed by atoms with Crippen LogP contribution in [0.2, 0.25) is 0 Å². The first-order valence-corrected chi connectivity index (χ1v) is 10.3. The maximum atomic E-state index is 14.2. The summed E-state index contributed by atoms with van der Waals surface area (Å²) in [7, 11) is 0. The molecule has 29 heavy (non-hydrogen) atoms. The van der Waals surface area contributed by atoms with Gasteiger partial charge in [0.15, 0.2) is 0 Å². The molecule has 2 aromatic heterocycles. The summed E-state index contributed by atoms with van der Waals surface area (Å²) in [5, 5.41) is 11.0. The van der Waals surface area contributed by atoms with Crippen molar-refractivity contribution in [1.29, 1.82) is 0 Å². The summed E-state index contributed by atoms with van der Waals surface area (Å²) in [6.45, 7) is 5.57. The Morgan fingerprint density at radius 2 is 1.62 bits per heavy atom. The van der Waals surface area contributed by atoms with E-state index < -0.39 is 5.60 Å². The molecule has 4 nitrogen and oxygen atoms in total. The predicted octanol–water partition coefficient (Wildman–Crippen LogP) is 6.00. The molecule has 0 radical (unpaired) electrons. The van der Waals surface area contributed by atoms with Gasteiger partial charge >= 0.3 is 0 Å². The zero-order chi connectivity index (χ0) is 20.7. The number of benzene rings is 1. The summed E-state index contributed by atoms with van der Waals surface area (Å²) in [6.07, 6.45) is 4.73. The SMILES string of the molecule is CCCC(O)(CCC)c1ccc(CN(Cc2ccco2)Cc2ccccc2F)o1. The smallest absolute Gasteiger partial charge is 0.135 e. The van der Waals surface area contributed by atoms with Crippen molar-refractivity contribution >= 4 is 0 Å². The van der Waals surface area contributed by atoms with E-state index in [0.717, 1.165) is 24.4 Å². The molecule has 3 aromatic rings. The van der Waals surface area contributed by atoms with Crippen LogP contribution in [0.4, 0.5) is 4.39 Å². The van der Waals surface area contributed by atoms with E-state index >= 15 is 0 Å². The van der Waals surface area contributed by atoms with Crippen LogP contribution in [-0.2, 0) is 25.2 Å². The van der Waals surface area contributed by atoms with Crippen molar-refractivity contribution in [1.82, 2.24) is 4.90 Å². The third-order valence-electron chi connectivity index (χ3n) is 5.14. The lowest BCUT2D eigenvalue weighted by atomic mass is 9.90. The summed E-state index contributed by atoms with van der Waals surface area (Å²) in [5.74, 6) is 1.94. The fraction of sp³-hybridized carbons (Fsp3) is 0.417. The molecule has 0 aliphatic heterocycles. The summed E-state index contributed by atoms with van der Waals surface area (Å²) < 4.78 is 25.7. The molecule has 0 atom stereocenters. The highest BCUT2D eigenvalue weighted by Gasteiger charge is 2.31. The molecule has 1 aromatic carbocycles. The van der Waals surface area contributed by atoms with E-state index in [1.54, 1.807) is 18.4 Å². The summed E-state index contributed by atoms with van der Waals surface area (Å²) in [5.41, 5.74) is -0.307. The molecule has 0 saturated carbocycles. The first kappa shape index (κ1) is 21.3. The molecule has 0 bridgehead atoms. The summed E-state index contributed by atoms with van der Waals surface area (Å²) in [6, 6.07) is 14.3. The monoisotopic (exact) mass is 399 g/mol. The zero-order valence-electron chi connectivity index (χ0n) is 17.2. The highest BCUT2D eigenvalue weighted by Crippen LogP contribution is 2.33. The van der Waals surface area contributed by atoms with Crippen LogP contribution in [0.15, 0.2) is 63.6 Å². The molecule has 1 N–H and O–H groups in total. The molecule has 5 heteroatoms. The van der Waals surface area contributed by atoms with E-state index in [1.807, 2.05) is 30.3 Å². The van der Waals surface area contributed by atoms with E-state index in [2.05, 4.69) is 18.7 Å². The molecule has 0 aliphatic rings. The van der Waals surface area contributed by atoms with Crippen LogP contribution in [0.5, 0.6) is 0 Å². The van der Waals surface area contributed by atoms with Gasteiger partial charge in [-0.25, -0.2) is 4.39 Å². The Balaban J connectivity index is 1.78. The lowest BCUT2D eigenvalue weighted by molar-refractivity contribution is -0.00529. The van der Waals surface area contributed by atoms with Crippen LogP contribution in [0.1, 0.15) is 62.4 Å². The van der Waals surface area contributed by atoms with Crippen LogP contribution in [-0.4, -0.2) is 10.0 Å². The topological polar surface area (TPSA) is 49.8 Å². The number of furan rings is 2. The Morgan fingerprint density at radius 1 is 0.897 bits per heavy atom. The predicted molar refractivity (Wildman–Crippen MR) is 110 cm³/mol. The Hall–Kier alpha value is -2.37. The Bertz CT molecular complexity index is 866. The largest absolute Gasteiger partial charge is 0.468 e. The van der Waals surface area contributed by atoms with Gasteiger partial charge in [0.25, 0.3) is 0 Å². The summed E-state index contributed by atoms with van der Waals surface area (Å²) >= 11 is 0. The van der Waals surface area contributed by atoms with Crippen molar-refractivity contribution in [2.75, 3.05) is 0 Å². The average Bonchev–Trinajstić information content (AvgIpc) is 3.36. The number of aliphatic hydroxyl groups is 1. The first-order valence-electron chi connectivity index (χ1n) is 10.3. The van der Waals surface area contributed by atoms with Gasteiger partial charge in [-0.05, 0) is 43.2 Å². The Kier molecular flexibility index (Phi) is 7.29. The second kappa shape index (κ2) is 9.90. The van der Waals surface area contributed by atoms with Gasteiger partial charge in [0.05, 0.1) is 19.4 Å². The minimum atomic E-state index is -0.931. The number of halogens is 1. The molecule has 0 aliphatic carbocycles. The second-order valence-corrected chi connectivity index (χ2v) is 7.61. The van der Waals surface area contributed by atoms with Gasteiger partial charge in [-0.15, -0.1) is 0 Å². The van der Waals surface area contributed by atoms with Crippen molar-refractivity contribution in [3.05, 3.63) is 83.5 Å². The van der Waals surface area contributed by atoms with E-state index in [4.69, 9.17) is 8.83 Å². The van der Waals surface area contributed by atoms with E-state index in [1.165, 1.54) is 6.07 Å². The minimum absolute atomic E-state index is 0.225. The quantitative estimate of drug-likeness (QED) is 0.429. The Labute approximate surface area is 172 Å². The van der Waals surface area contributed by atoms with Gasteiger partial charge in [-0.2, -0.15) is 0 Å². The second-order valence-electron chi connectivity index (χ2n) is 7.61. The van der Waals surface area contributed by atoms with Crippen molar-refractivity contribution in [2.45, 2.75) is 64.8 Å². The van der Waals surface area contributed by atoms with Gasteiger partial charge in [0, 0.05) is 12.1 Å². The van der Waals surface area contributed by atoms with E-state index in [9.17, 15) is 9.50 Å². The molecule has 0 amide bonds. The van der Waals surface area contributed by atoms with Crippen molar-refractivity contribution in [3.8, 4) is 0 Å². The zero-order valence-corrected chi connectivity index (χ0v) is 17.2. The molecule has 2 heterocycles. The third-order valence-corrected chi connectivity index (χ3v) is 5.14. The van der Waals surface area contributed by atoms with Crippen molar-refractivity contribution in [2.24, 2.45) is 0 Å². The third kappa shape index (κ3) is 5.58. The van der Waals surface area contributed by atoms with Crippen LogP contribution < -0.4 is 0 Å². The standard InChI is InChI=1S/C24H30FNO3/c1-3-13-24(27,14-4-2)23-12-11-21(29-23)18-26(17-20-9-7-15-28-20)16-19-8-5-6-10-22(19)25/h5-12,15,27H,3-4,13-14,16-18H2,1-2H3. The van der Waals surface area contributed by atoms with E-state index in [-0.39, 0.29) is 5.82 Å². The highest BCUT2D eigenvalue weighted by molar-refractivity contribution is 5.18. The average molecular weight is 400 g/mol. The van der Waals surface area contributed by atoms with Gasteiger partial charge in [-0.3, -0.25) is 4.90 Å². The molecular formula is C24H30FNO3. The molecule has 0 fully saturated rings. The lowest BCUT2D eigenvalue weighted by Crippen LogP contribution is -2.25.